The molecule has 0 aliphatic heterocycles. The Morgan fingerprint density at radius 2 is 1.88 bits per heavy atom. The van der Waals surface area contributed by atoms with Crippen molar-refractivity contribution >= 4 is 5.78 Å². The van der Waals surface area contributed by atoms with Crippen molar-refractivity contribution in [2.75, 3.05) is 20.1 Å². The van der Waals surface area contributed by atoms with E-state index in [1.165, 1.54) is 5.56 Å². The first-order valence-electron chi connectivity index (χ1n) is 8.78. The lowest BCUT2D eigenvalue weighted by Gasteiger charge is -2.18. The molecule has 2 nitrogen and oxygen atoms in total. The van der Waals surface area contributed by atoms with Gasteiger partial charge in [0, 0.05) is 17.5 Å². The normalized spacial score (nSPS) is 11.6. The highest BCUT2D eigenvalue weighted by atomic mass is 16.1. The van der Waals surface area contributed by atoms with Crippen LogP contribution in [0.5, 0.6) is 0 Å². The van der Waals surface area contributed by atoms with E-state index in [-0.39, 0.29) is 11.2 Å². The number of carbonyl (C=O) groups excluding carboxylic acids is 1. The van der Waals surface area contributed by atoms with Crippen LogP contribution in [0.25, 0.3) is 0 Å². The lowest BCUT2D eigenvalue weighted by Crippen LogP contribution is -2.26. The van der Waals surface area contributed by atoms with Crippen LogP contribution < -0.4 is 0 Å². The van der Waals surface area contributed by atoms with E-state index < -0.39 is 0 Å². The van der Waals surface area contributed by atoms with Crippen LogP contribution in [-0.4, -0.2) is 30.8 Å². The highest BCUT2D eigenvalue weighted by Crippen LogP contribution is 2.23. The third-order valence-electron chi connectivity index (χ3n) is 4.80. The molecule has 0 spiro atoms. The number of hydrogen-bond donors (Lipinski definition) is 0. The lowest BCUT2D eigenvalue weighted by atomic mass is 9.86. The second-order valence-electron chi connectivity index (χ2n) is 6.86. The Kier molecular flexibility index (Phi) is 7.95. The third-order valence-corrected chi connectivity index (χ3v) is 4.80. The van der Waals surface area contributed by atoms with Gasteiger partial charge in [-0.2, -0.15) is 0 Å². The summed E-state index contributed by atoms with van der Waals surface area (Å²) in [6, 6.07) is 5.90. The molecule has 0 N–H and O–H groups in total. The van der Waals surface area contributed by atoms with Crippen molar-refractivity contribution < 1.29 is 4.79 Å². The zero-order chi connectivity index (χ0) is 18.2. The van der Waals surface area contributed by atoms with E-state index in [2.05, 4.69) is 39.5 Å². The predicted molar refractivity (Wildman–Crippen MR) is 103 cm³/mol. The Morgan fingerprint density at radius 3 is 2.46 bits per heavy atom. The van der Waals surface area contributed by atoms with Crippen molar-refractivity contribution in [3.63, 3.8) is 0 Å². The molecule has 0 aromatic heterocycles. The van der Waals surface area contributed by atoms with Gasteiger partial charge in [0.25, 0.3) is 0 Å². The van der Waals surface area contributed by atoms with Gasteiger partial charge in [0.1, 0.15) is 0 Å². The topological polar surface area (TPSA) is 20.3 Å². The van der Waals surface area contributed by atoms with Crippen molar-refractivity contribution in [3.8, 4) is 11.8 Å². The molecule has 0 atom stereocenters. The molecule has 0 unspecified atom stereocenters. The summed E-state index contributed by atoms with van der Waals surface area (Å²) in [6.07, 6.45) is 6.05. The Bertz CT molecular complexity index is 642. The monoisotopic (exact) mass is 325 g/mol. The Labute approximate surface area is 148 Å². The fourth-order valence-corrected chi connectivity index (χ4v) is 2.25. The molecule has 1 aromatic carbocycles. The zero-order valence-electron chi connectivity index (χ0n) is 16.1. The number of nitrogens with zero attached hydrogens (tertiary/aromatic N) is 1. The van der Waals surface area contributed by atoms with Crippen molar-refractivity contribution in [1.29, 1.82) is 0 Å². The summed E-state index contributed by atoms with van der Waals surface area (Å²) < 4.78 is 0. The molecule has 0 aliphatic rings. The number of benzene rings is 1. The first-order valence-corrected chi connectivity index (χ1v) is 8.78. The summed E-state index contributed by atoms with van der Waals surface area (Å²) >= 11 is 0. The van der Waals surface area contributed by atoms with Gasteiger partial charge >= 0.3 is 0 Å². The summed E-state index contributed by atoms with van der Waals surface area (Å²) in [6.45, 7) is 11.8. The van der Waals surface area contributed by atoms with Crippen molar-refractivity contribution in [2.45, 2.75) is 47.5 Å². The number of rotatable bonds is 7. The Hall–Kier alpha value is -1.85. The molecular weight excluding hydrogens is 294 g/mol. The standard InChI is InChI=1S/C22H31NO/c1-7-22(5,8-2)14-10-9-11-15-23(6)17-21(24)20-13-12-18(3)19(4)16-20/h9,11-13,16H,7-8,15,17H2,1-6H3. The van der Waals surface area contributed by atoms with Gasteiger partial charge in [0.05, 0.1) is 6.54 Å². The van der Waals surface area contributed by atoms with E-state index in [1.807, 2.05) is 49.2 Å². The lowest BCUT2D eigenvalue weighted by molar-refractivity contribution is 0.0951. The Morgan fingerprint density at radius 1 is 1.21 bits per heavy atom. The summed E-state index contributed by atoms with van der Waals surface area (Å²) in [4.78, 5) is 14.3. The zero-order valence-corrected chi connectivity index (χ0v) is 16.1. The molecule has 130 valence electrons. The minimum Gasteiger partial charge on any atom is -0.295 e. The van der Waals surface area contributed by atoms with E-state index in [4.69, 9.17) is 0 Å². The van der Waals surface area contributed by atoms with Gasteiger partial charge in [-0.15, -0.1) is 0 Å². The second kappa shape index (κ2) is 9.45. The first kappa shape index (κ1) is 20.2. The molecule has 2 heteroatoms. The number of hydrogen-bond acceptors (Lipinski definition) is 2. The third kappa shape index (κ3) is 6.34. The van der Waals surface area contributed by atoms with Crippen molar-refractivity contribution in [1.82, 2.24) is 4.90 Å². The molecule has 0 bridgehead atoms. The molecule has 0 saturated carbocycles. The maximum absolute atomic E-state index is 12.3. The van der Waals surface area contributed by atoms with E-state index in [0.29, 0.717) is 6.54 Å². The van der Waals surface area contributed by atoms with Crippen LogP contribution in [0.3, 0.4) is 0 Å². The van der Waals surface area contributed by atoms with Crippen LogP contribution >= 0.6 is 0 Å². The number of carbonyl (C=O) groups is 1. The van der Waals surface area contributed by atoms with Gasteiger partial charge in [-0.3, -0.25) is 9.69 Å². The maximum atomic E-state index is 12.3. The Balaban J connectivity index is 2.53. The fourth-order valence-electron chi connectivity index (χ4n) is 2.25. The van der Waals surface area contributed by atoms with Gasteiger partial charge in [0.15, 0.2) is 5.78 Å². The minimum atomic E-state index is 0.107. The van der Waals surface area contributed by atoms with Gasteiger partial charge in [-0.05, 0) is 63.9 Å². The van der Waals surface area contributed by atoms with Crippen molar-refractivity contribution in [3.05, 3.63) is 47.0 Å². The number of allylic oxidation sites excluding steroid dienone is 1. The minimum absolute atomic E-state index is 0.107. The van der Waals surface area contributed by atoms with E-state index in [9.17, 15) is 4.79 Å². The average molecular weight is 325 g/mol. The van der Waals surface area contributed by atoms with Crippen LogP contribution in [-0.2, 0) is 0 Å². The average Bonchev–Trinajstić information content (AvgIpc) is 2.56. The largest absolute Gasteiger partial charge is 0.295 e. The van der Waals surface area contributed by atoms with E-state index >= 15 is 0 Å². The quantitative estimate of drug-likeness (QED) is 0.530. The molecule has 0 heterocycles. The summed E-state index contributed by atoms with van der Waals surface area (Å²) in [5.74, 6) is 6.62. The molecule has 0 radical (unpaired) electrons. The summed E-state index contributed by atoms with van der Waals surface area (Å²) in [5, 5.41) is 0. The van der Waals surface area contributed by atoms with Gasteiger partial charge < -0.3 is 0 Å². The molecule has 24 heavy (non-hydrogen) atoms. The first-order chi connectivity index (χ1) is 11.3. The van der Waals surface area contributed by atoms with Crippen LogP contribution in [0.2, 0.25) is 0 Å². The molecule has 0 amide bonds. The summed E-state index contributed by atoms with van der Waals surface area (Å²) in [5.41, 5.74) is 3.27. The molecule has 0 aliphatic carbocycles. The molecular formula is C22H31NO. The predicted octanol–water partition coefficient (Wildman–Crippen LogP) is 4.80. The van der Waals surface area contributed by atoms with Crippen LogP contribution in [0.4, 0.5) is 0 Å². The molecule has 0 saturated heterocycles. The van der Waals surface area contributed by atoms with E-state index in [0.717, 1.165) is 30.5 Å². The number of Topliss-reactive ketones (excluding diaryl/α,β-unsaturated/α-hetero) is 1. The maximum Gasteiger partial charge on any atom is 0.176 e. The van der Waals surface area contributed by atoms with Crippen molar-refractivity contribution in [2.24, 2.45) is 5.41 Å². The van der Waals surface area contributed by atoms with E-state index in [1.54, 1.807) is 0 Å². The molecule has 1 aromatic rings. The van der Waals surface area contributed by atoms with Crippen LogP contribution in [0.1, 0.15) is 55.1 Å². The highest BCUT2D eigenvalue weighted by Gasteiger charge is 2.14. The smallest absolute Gasteiger partial charge is 0.176 e. The van der Waals surface area contributed by atoms with Gasteiger partial charge in [-0.25, -0.2) is 0 Å². The highest BCUT2D eigenvalue weighted by molar-refractivity contribution is 5.97. The molecule has 1 rings (SSSR count). The number of likely N-dealkylation sites (N-methyl/N-ethyl adjacent to an activating group) is 1. The number of aryl methyl sites for hydroxylation is 2. The van der Waals surface area contributed by atoms with Gasteiger partial charge in [0.2, 0.25) is 0 Å². The molecule has 0 fully saturated rings. The number of ketones is 1. The van der Waals surface area contributed by atoms with Gasteiger partial charge in [-0.1, -0.05) is 43.9 Å². The SMILES string of the molecule is CCC(C)(C#CC=CCN(C)CC(=O)c1ccc(C)c(C)c1)CC. The van der Waals surface area contributed by atoms with Crippen LogP contribution in [0, 0.1) is 31.1 Å². The fraction of sp³-hybridized carbons (Fsp3) is 0.500. The second-order valence-corrected chi connectivity index (χ2v) is 6.86. The summed E-state index contributed by atoms with van der Waals surface area (Å²) in [7, 11) is 1.96. The van der Waals surface area contributed by atoms with Crippen LogP contribution in [0.15, 0.2) is 30.4 Å².